The molecule has 0 aliphatic heterocycles. The van der Waals surface area contributed by atoms with E-state index in [-0.39, 0.29) is 11.3 Å². The Morgan fingerprint density at radius 3 is 2.35 bits per heavy atom. The summed E-state index contributed by atoms with van der Waals surface area (Å²) in [5, 5.41) is 12.2. The lowest BCUT2D eigenvalue weighted by atomic mass is 10.0. The predicted octanol–water partition coefficient (Wildman–Crippen LogP) is 3.91. The molecule has 2 aromatic carbocycles. The minimum atomic E-state index is -0.583. The van der Waals surface area contributed by atoms with Crippen molar-refractivity contribution < 1.29 is 14.3 Å². The monoisotopic (exact) mass is 273 g/mol. The third-order valence-electron chi connectivity index (χ3n) is 3.04. The van der Waals surface area contributed by atoms with Crippen molar-refractivity contribution in [2.45, 2.75) is 19.8 Å². The predicted molar refractivity (Wildman–Crippen MR) is 76.5 cm³/mol. The maximum Gasteiger partial charge on any atom is 0.259 e. The number of carbonyl (C=O) groups is 1. The number of phenols is 1. The normalized spacial score (nSPS) is 10.6. The van der Waals surface area contributed by atoms with Crippen molar-refractivity contribution in [2.75, 3.05) is 5.32 Å². The van der Waals surface area contributed by atoms with Crippen molar-refractivity contribution in [2.24, 2.45) is 0 Å². The Bertz CT molecular complexity index is 621. The second-order valence-electron chi connectivity index (χ2n) is 4.89. The number of anilines is 1. The first kappa shape index (κ1) is 14.1. The molecular weight excluding hydrogens is 257 g/mol. The number of hydrogen-bond acceptors (Lipinski definition) is 2. The SMILES string of the molecule is CC(C)c1ccc(NC(=O)c2ccc(F)cc2O)cc1. The molecule has 0 saturated carbocycles. The average molecular weight is 273 g/mol. The summed E-state index contributed by atoms with van der Waals surface area (Å²) in [6, 6.07) is 10.8. The second kappa shape index (κ2) is 5.74. The number of halogens is 1. The van der Waals surface area contributed by atoms with E-state index in [9.17, 15) is 14.3 Å². The van der Waals surface area contributed by atoms with Gasteiger partial charge in [-0.3, -0.25) is 4.79 Å². The van der Waals surface area contributed by atoms with Crippen LogP contribution in [-0.2, 0) is 0 Å². The van der Waals surface area contributed by atoms with E-state index < -0.39 is 11.7 Å². The lowest BCUT2D eigenvalue weighted by molar-refractivity contribution is 0.102. The minimum absolute atomic E-state index is 0.0411. The lowest BCUT2D eigenvalue weighted by Gasteiger charge is -2.09. The Hall–Kier alpha value is -2.36. The molecule has 3 nitrogen and oxygen atoms in total. The van der Waals surface area contributed by atoms with Gasteiger partial charge in [-0.05, 0) is 35.7 Å². The van der Waals surface area contributed by atoms with Gasteiger partial charge in [0.15, 0.2) is 0 Å². The first-order valence-electron chi connectivity index (χ1n) is 6.37. The van der Waals surface area contributed by atoms with Crippen molar-refractivity contribution in [3.8, 4) is 5.75 Å². The molecule has 4 heteroatoms. The Kier molecular flexibility index (Phi) is 4.03. The van der Waals surface area contributed by atoms with E-state index in [1.54, 1.807) is 12.1 Å². The first-order chi connectivity index (χ1) is 9.47. The molecule has 0 aromatic heterocycles. The standard InChI is InChI=1S/C16H16FNO2/c1-10(2)11-3-6-13(7-4-11)18-16(20)14-8-5-12(17)9-15(14)19/h3-10,19H,1-2H3,(H,18,20). The van der Waals surface area contributed by atoms with Gasteiger partial charge in [-0.2, -0.15) is 0 Å². The number of amides is 1. The van der Waals surface area contributed by atoms with Crippen LogP contribution in [0.3, 0.4) is 0 Å². The number of benzene rings is 2. The van der Waals surface area contributed by atoms with Gasteiger partial charge in [0.05, 0.1) is 5.56 Å². The van der Waals surface area contributed by atoms with E-state index in [2.05, 4.69) is 19.2 Å². The maximum atomic E-state index is 12.9. The van der Waals surface area contributed by atoms with E-state index in [0.717, 1.165) is 12.1 Å². The molecule has 0 radical (unpaired) electrons. The zero-order valence-corrected chi connectivity index (χ0v) is 11.4. The molecule has 0 atom stereocenters. The van der Waals surface area contributed by atoms with E-state index in [1.807, 2.05) is 12.1 Å². The molecule has 0 aliphatic carbocycles. The van der Waals surface area contributed by atoms with Crippen LogP contribution >= 0.6 is 0 Å². The van der Waals surface area contributed by atoms with Gasteiger partial charge in [-0.15, -0.1) is 0 Å². The highest BCUT2D eigenvalue weighted by Gasteiger charge is 2.12. The summed E-state index contributed by atoms with van der Waals surface area (Å²) in [4.78, 5) is 12.0. The zero-order valence-electron chi connectivity index (χ0n) is 11.4. The van der Waals surface area contributed by atoms with Crippen molar-refractivity contribution in [3.63, 3.8) is 0 Å². The summed E-state index contributed by atoms with van der Waals surface area (Å²) in [5.41, 5.74) is 1.84. The largest absolute Gasteiger partial charge is 0.507 e. The van der Waals surface area contributed by atoms with Crippen molar-refractivity contribution in [1.82, 2.24) is 0 Å². The highest BCUT2D eigenvalue weighted by Crippen LogP contribution is 2.21. The number of hydrogen-bond donors (Lipinski definition) is 2. The molecule has 1 amide bonds. The Morgan fingerprint density at radius 2 is 1.80 bits per heavy atom. The minimum Gasteiger partial charge on any atom is -0.507 e. The highest BCUT2D eigenvalue weighted by atomic mass is 19.1. The molecular formula is C16H16FNO2. The van der Waals surface area contributed by atoms with Crippen LogP contribution in [0.5, 0.6) is 5.75 Å². The van der Waals surface area contributed by atoms with Crippen LogP contribution in [0, 0.1) is 5.82 Å². The average Bonchev–Trinajstić information content (AvgIpc) is 2.39. The van der Waals surface area contributed by atoms with Crippen molar-refractivity contribution >= 4 is 11.6 Å². The third kappa shape index (κ3) is 3.15. The molecule has 0 bridgehead atoms. The molecule has 2 aromatic rings. The molecule has 0 heterocycles. The number of aromatic hydroxyl groups is 1. The highest BCUT2D eigenvalue weighted by molar-refractivity contribution is 6.06. The van der Waals surface area contributed by atoms with Gasteiger partial charge in [0.1, 0.15) is 11.6 Å². The van der Waals surface area contributed by atoms with Gasteiger partial charge in [0.2, 0.25) is 0 Å². The van der Waals surface area contributed by atoms with E-state index in [4.69, 9.17) is 0 Å². The van der Waals surface area contributed by atoms with Crippen molar-refractivity contribution in [3.05, 3.63) is 59.4 Å². The summed E-state index contributed by atoms with van der Waals surface area (Å²) < 4.78 is 12.9. The molecule has 0 unspecified atom stereocenters. The second-order valence-corrected chi connectivity index (χ2v) is 4.89. The van der Waals surface area contributed by atoms with Crippen molar-refractivity contribution in [1.29, 1.82) is 0 Å². The summed E-state index contributed by atoms with van der Waals surface area (Å²) in [7, 11) is 0. The van der Waals surface area contributed by atoms with E-state index >= 15 is 0 Å². The number of nitrogens with one attached hydrogen (secondary N) is 1. The quantitative estimate of drug-likeness (QED) is 0.890. The fourth-order valence-electron chi connectivity index (χ4n) is 1.85. The van der Waals surface area contributed by atoms with Crippen LogP contribution < -0.4 is 5.32 Å². The zero-order chi connectivity index (χ0) is 14.7. The summed E-state index contributed by atoms with van der Waals surface area (Å²) in [5.74, 6) is -1.01. The lowest BCUT2D eigenvalue weighted by Crippen LogP contribution is -2.12. The molecule has 0 fully saturated rings. The van der Waals surface area contributed by atoms with Crippen LogP contribution in [0.4, 0.5) is 10.1 Å². The van der Waals surface area contributed by atoms with Crippen LogP contribution in [0.2, 0.25) is 0 Å². The number of phenolic OH excluding ortho intramolecular Hbond substituents is 1. The van der Waals surface area contributed by atoms with E-state index in [0.29, 0.717) is 11.6 Å². The van der Waals surface area contributed by atoms with Gasteiger partial charge in [-0.25, -0.2) is 4.39 Å². The van der Waals surface area contributed by atoms with Gasteiger partial charge in [-0.1, -0.05) is 26.0 Å². The molecule has 0 spiro atoms. The molecule has 104 valence electrons. The third-order valence-corrected chi connectivity index (χ3v) is 3.04. The maximum absolute atomic E-state index is 12.9. The fraction of sp³-hybridized carbons (Fsp3) is 0.188. The molecule has 0 aliphatic rings. The van der Waals surface area contributed by atoms with Crippen LogP contribution in [0.15, 0.2) is 42.5 Å². The molecule has 20 heavy (non-hydrogen) atoms. The summed E-state index contributed by atoms with van der Waals surface area (Å²) in [6.45, 7) is 4.17. The Labute approximate surface area is 117 Å². The molecule has 0 saturated heterocycles. The first-order valence-corrected chi connectivity index (χ1v) is 6.37. The van der Waals surface area contributed by atoms with Crippen LogP contribution in [0.1, 0.15) is 35.7 Å². The van der Waals surface area contributed by atoms with E-state index in [1.165, 1.54) is 11.6 Å². The van der Waals surface area contributed by atoms with Gasteiger partial charge < -0.3 is 10.4 Å². The molecule has 2 N–H and O–H groups in total. The number of rotatable bonds is 3. The summed E-state index contributed by atoms with van der Waals surface area (Å²) in [6.07, 6.45) is 0. The molecule has 2 rings (SSSR count). The summed E-state index contributed by atoms with van der Waals surface area (Å²) >= 11 is 0. The van der Waals surface area contributed by atoms with Crippen LogP contribution in [0.25, 0.3) is 0 Å². The topological polar surface area (TPSA) is 49.3 Å². The Balaban J connectivity index is 2.15. The van der Waals surface area contributed by atoms with Gasteiger partial charge >= 0.3 is 0 Å². The van der Waals surface area contributed by atoms with Crippen LogP contribution in [-0.4, -0.2) is 11.0 Å². The number of carbonyl (C=O) groups excluding carboxylic acids is 1. The fourth-order valence-corrected chi connectivity index (χ4v) is 1.85. The van der Waals surface area contributed by atoms with Gasteiger partial charge in [0, 0.05) is 11.8 Å². The van der Waals surface area contributed by atoms with Gasteiger partial charge in [0.25, 0.3) is 5.91 Å². The smallest absolute Gasteiger partial charge is 0.259 e. The Morgan fingerprint density at radius 1 is 1.15 bits per heavy atom.